The molecule has 0 unspecified atom stereocenters. The van der Waals surface area contributed by atoms with E-state index < -0.39 is 0 Å². The van der Waals surface area contributed by atoms with Crippen molar-refractivity contribution >= 4 is 40.0 Å². The standard InChI is InChI=1S/C11H7N3O2S/c12-11-14-10(16)8(17-11)7-5-3-1-2-4-6(5)13-9(7)15/h1-4H,(H,13,15)(H2,12,14,16). The Morgan fingerprint density at radius 1 is 1.06 bits per heavy atom. The van der Waals surface area contributed by atoms with Crippen LogP contribution in [0.5, 0.6) is 0 Å². The van der Waals surface area contributed by atoms with Gasteiger partial charge in [0.15, 0.2) is 5.17 Å². The number of amides is 2. The fourth-order valence-electron chi connectivity index (χ4n) is 1.84. The maximum Gasteiger partial charge on any atom is 0.264 e. The molecule has 17 heavy (non-hydrogen) atoms. The highest BCUT2D eigenvalue weighted by atomic mass is 32.2. The van der Waals surface area contributed by atoms with Gasteiger partial charge in [-0.1, -0.05) is 18.2 Å². The lowest BCUT2D eigenvalue weighted by molar-refractivity contribution is -0.116. The number of benzene rings is 1. The molecule has 6 heteroatoms. The van der Waals surface area contributed by atoms with Crippen molar-refractivity contribution in [2.45, 2.75) is 0 Å². The first-order valence-corrected chi connectivity index (χ1v) is 5.71. The number of hydrogen-bond acceptors (Lipinski definition) is 4. The Morgan fingerprint density at radius 2 is 1.82 bits per heavy atom. The summed E-state index contributed by atoms with van der Waals surface area (Å²) in [6.07, 6.45) is 0. The maximum absolute atomic E-state index is 11.8. The van der Waals surface area contributed by atoms with Crippen molar-refractivity contribution < 1.29 is 9.59 Å². The highest BCUT2D eigenvalue weighted by Gasteiger charge is 2.34. The summed E-state index contributed by atoms with van der Waals surface area (Å²) in [6, 6.07) is 7.19. The van der Waals surface area contributed by atoms with Gasteiger partial charge in [0, 0.05) is 11.3 Å². The largest absolute Gasteiger partial charge is 0.321 e. The van der Waals surface area contributed by atoms with Gasteiger partial charge in [-0.2, -0.15) is 0 Å². The second kappa shape index (κ2) is 3.46. The van der Waals surface area contributed by atoms with E-state index in [-0.39, 0.29) is 21.9 Å². The number of rotatable bonds is 0. The van der Waals surface area contributed by atoms with Crippen LogP contribution in [0.15, 0.2) is 29.2 Å². The molecule has 3 N–H and O–H groups in total. The lowest BCUT2D eigenvalue weighted by Gasteiger charge is -1.98. The minimum atomic E-state index is -0.387. The fraction of sp³-hybridized carbons (Fsp3) is 0. The van der Waals surface area contributed by atoms with Crippen LogP contribution >= 0.6 is 11.8 Å². The molecule has 0 radical (unpaired) electrons. The van der Waals surface area contributed by atoms with Gasteiger partial charge in [-0.25, -0.2) is 0 Å². The molecule has 1 saturated heterocycles. The number of fused-ring (bicyclic) bond motifs is 1. The maximum atomic E-state index is 11.8. The van der Waals surface area contributed by atoms with E-state index in [9.17, 15) is 9.59 Å². The molecule has 2 amide bonds. The topological polar surface area (TPSA) is 82.1 Å². The first-order valence-electron chi connectivity index (χ1n) is 4.89. The van der Waals surface area contributed by atoms with Gasteiger partial charge in [-0.05, 0) is 17.8 Å². The SMILES string of the molecule is N=C1NC(=O)C(=C2C(=O)Nc3ccccc32)S1. The zero-order valence-electron chi connectivity index (χ0n) is 8.53. The number of carbonyl (C=O) groups is 2. The quantitative estimate of drug-likeness (QED) is 0.599. The van der Waals surface area contributed by atoms with Crippen molar-refractivity contribution in [2.75, 3.05) is 5.32 Å². The zero-order chi connectivity index (χ0) is 12.0. The third-order valence-corrected chi connectivity index (χ3v) is 3.44. The van der Waals surface area contributed by atoms with Gasteiger partial charge in [0.2, 0.25) is 0 Å². The molecule has 5 nitrogen and oxygen atoms in total. The highest BCUT2D eigenvalue weighted by molar-refractivity contribution is 8.18. The molecule has 0 aliphatic carbocycles. The number of para-hydroxylation sites is 1. The van der Waals surface area contributed by atoms with Crippen LogP contribution in [0.2, 0.25) is 0 Å². The average molecular weight is 245 g/mol. The Kier molecular flexibility index (Phi) is 2.05. The second-order valence-corrected chi connectivity index (χ2v) is 4.61. The Bertz CT molecular complexity index is 606. The monoisotopic (exact) mass is 245 g/mol. The van der Waals surface area contributed by atoms with Crippen LogP contribution in [-0.2, 0) is 9.59 Å². The van der Waals surface area contributed by atoms with Crippen molar-refractivity contribution in [3.63, 3.8) is 0 Å². The van der Waals surface area contributed by atoms with Crippen LogP contribution in [0.4, 0.5) is 5.69 Å². The molecule has 3 rings (SSSR count). The fourth-order valence-corrected chi connectivity index (χ4v) is 2.64. The smallest absolute Gasteiger partial charge is 0.264 e. The number of anilines is 1. The van der Waals surface area contributed by atoms with Gasteiger partial charge in [0.25, 0.3) is 11.8 Å². The van der Waals surface area contributed by atoms with Crippen LogP contribution in [0, 0.1) is 5.41 Å². The summed E-state index contributed by atoms with van der Waals surface area (Å²) < 4.78 is 0. The summed E-state index contributed by atoms with van der Waals surface area (Å²) in [6.45, 7) is 0. The van der Waals surface area contributed by atoms with E-state index in [2.05, 4.69) is 10.6 Å². The molecule has 0 spiro atoms. The van der Waals surface area contributed by atoms with Gasteiger partial charge in [0.05, 0.1) is 10.5 Å². The molecule has 1 aromatic carbocycles. The summed E-state index contributed by atoms with van der Waals surface area (Å²) in [7, 11) is 0. The van der Waals surface area contributed by atoms with Crippen molar-refractivity contribution in [2.24, 2.45) is 0 Å². The summed E-state index contributed by atoms with van der Waals surface area (Å²) in [5.41, 5.74) is 1.77. The third kappa shape index (κ3) is 1.45. The van der Waals surface area contributed by atoms with Gasteiger partial charge < -0.3 is 10.6 Å². The van der Waals surface area contributed by atoms with E-state index in [1.165, 1.54) is 0 Å². The van der Waals surface area contributed by atoms with Gasteiger partial charge in [-0.15, -0.1) is 0 Å². The van der Waals surface area contributed by atoms with Gasteiger partial charge in [-0.3, -0.25) is 15.0 Å². The molecule has 2 aliphatic heterocycles. The molecular formula is C11H7N3O2S. The summed E-state index contributed by atoms with van der Waals surface area (Å²) in [5, 5.41) is 12.5. The van der Waals surface area contributed by atoms with E-state index in [4.69, 9.17) is 5.41 Å². The molecule has 0 bridgehead atoms. The molecular weight excluding hydrogens is 238 g/mol. The van der Waals surface area contributed by atoms with Crippen LogP contribution in [0.25, 0.3) is 5.57 Å². The first-order chi connectivity index (χ1) is 8.16. The van der Waals surface area contributed by atoms with Crippen LogP contribution in [0.3, 0.4) is 0 Å². The number of carbonyl (C=O) groups excluding carboxylic acids is 2. The molecule has 0 atom stereocenters. The van der Waals surface area contributed by atoms with Crippen LogP contribution in [0.1, 0.15) is 5.56 Å². The van der Waals surface area contributed by atoms with Crippen molar-refractivity contribution in [1.29, 1.82) is 5.41 Å². The molecule has 2 heterocycles. The number of thioether (sulfide) groups is 1. The molecule has 0 saturated carbocycles. The Hall–Kier alpha value is -2.08. The average Bonchev–Trinajstić information content (AvgIpc) is 2.77. The number of amidine groups is 1. The highest BCUT2D eigenvalue weighted by Crippen LogP contribution is 2.38. The summed E-state index contributed by atoms with van der Waals surface area (Å²) in [4.78, 5) is 23.7. The summed E-state index contributed by atoms with van der Waals surface area (Å²) >= 11 is 0.980. The molecule has 1 fully saturated rings. The minimum absolute atomic E-state index is 0.0506. The normalized spacial score (nSPS) is 22.5. The lowest BCUT2D eigenvalue weighted by Crippen LogP contribution is -2.19. The van der Waals surface area contributed by atoms with Crippen molar-refractivity contribution in [3.05, 3.63) is 34.7 Å². The van der Waals surface area contributed by atoms with Gasteiger partial charge >= 0.3 is 0 Å². The van der Waals surface area contributed by atoms with E-state index in [0.29, 0.717) is 16.8 Å². The number of hydrogen-bond donors (Lipinski definition) is 3. The van der Waals surface area contributed by atoms with E-state index >= 15 is 0 Å². The van der Waals surface area contributed by atoms with Crippen LogP contribution < -0.4 is 10.6 Å². The second-order valence-electron chi connectivity index (χ2n) is 3.59. The predicted octanol–water partition coefficient (Wildman–Crippen LogP) is 1.15. The van der Waals surface area contributed by atoms with E-state index in [1.807, 2.05) is 12.1 Å². The predicted molar refractivity (Wildman–Crippen MR) is 65.5 cm³/mol. The number of nitrogens with one attached hydrogen (secondary N) is 3. The van der Waals surface area contributed by atoms with Crippen LogP contribution in [-0.4, -0.2) is 17.0 Å². The molecule has 84 valence electrons. The lowest BCUT2D eigenvalue weighted by atomic mass is 10.1. The first kappa shape index (κ1) is 10.1. The van der Waals surface area contributed by atoms with Crippen molar-refractivity contribution in [1.82, 2.24) is 5.32 Å². The molecule has 2 aliphatic rings. The zero-order valence-corrected chi connectivity index (χ0v) is 9.35. The molecule has 0 aromatic heterocycles. The Morgan fingerprint density at radius 3 is 2.53 bits per heavy atom. The summed E-state index contributed by atoms with van der Waals surface area (Å²) in [5.74, 6) is -0.680. The third-order valence-electron chi connectivity index (χ3n) is 2.54. The molecule has 1 aromatic rings. The Labute approximate surface area is 101 Å². The van der Waals surface area contributed by atoms with Gasteiger partial charge in [0.1, 0.15) is 0 Å². The Balaban J connectivity index is 2.22. The minimum Gasteiger partial charge on any atom is -0.321 e. The van der Waals surface area contributed by atoms with Crippen molar-refractivity contribution in [3.8, 4) is 0 Å². The van der Waals surface area contributed by atoms with E-state index in [0.717, 1.165) is 11.8 Å². The van der Waals surface area contributed by atoms with E-state index in [1.54, 1.807) is 12.1 Å².